The van der Waals surface area contributed by atoms with Crippen LogP contribution in [-0.4, -0.2) is 41.6 Å². The molecule has 0 aromatic heterocycles. The Kier molecular flexibility index (Phi) is 6.44. The number of amides is 2. The van der Waals surface area contributed by atoms with E-state index >= 15 is 0 Å². The van der Waals surface area contributed by atoms with Crippen LogP contribution in [0.15, 0.2) is 12.7 Å². The monoisotopic (exact) mass is 256 g/mol. The van der Waals surface area contributed by atoms with Crippen LogP contribution in [0, 0.1) is 0 Å². The third-order valence-corrected chi connectivity index (χ3v) is 2.26. The van der Waals surface area contributed by atoms with Crippen LogP contribution < -0.4 is 5.32 Å². The maximum absolute atomic E-state index is 11.9. The zero-order chi connectivity index (χ0) is 14.3. The molecule has 18 heavy (non-hydrogen) atoms. The summed E-state index contributed by atoms with van der Waals surface area (Å²) in [5, 5.41) is 2.66. The Morgan fingerprint density at radius 3 is 2.39 bits per heavy atom. The summed E-state index contributed by atoms with van der Waals surface area (Å²) in [7, 11) is 0. The Bertz CT molecular complexity index is 308. The van der Waals surface area contributed by atoms with Gasteiger partial charge in [0.1, 0.15) is 5.60 Å². The summed E-state index contributed by atoms with van der Waals surface area (Å²) in [4.78, 5) is 24.6. The zero-order valence-corrected chi connectivity index (χ0v) is 11.9. The van der Waals surface area contributed by atoms with Gasteiger partial charge in [-0.25, -0.2) is 4.79 Å². The number of nitrogens with zero attached hydrogens (tertiary/aromatic N) is 1. The minimum absolute atomic E-state index is 0.131. The van der Waals surface area contributed by atoms with Gasteiger partial charge < -0.3 is 15.0 Å². The highest BCUT2D eigenvalue weighted by atomic mass is 16.6. The van der Waals surface area contributed by atoms with Gasteiger partial charge >= 0.3 is 6.09 Å². The van der Waals surface area contributed by atoms with Gasteiger partial charge in [0.15, 0.2) is 0 Å². The summed E-state index contributed by atoms with van der Waals surface area (Å²) in [6.45, 7) is 13.5. The molecule has 0 aliphatic rings. The van der Waals surface area contributed by atoms with Crippen molar-refractivity contribution in [3.63, 3.8) is 0 Å². The van der Waals surface area contributed by atoms with Gasteiger partial charge in [0.25, 0.3) is 0 Å². The Hall–Kier alpha value is -1.52. The molecular formula is C13H24N2O3. The Morgan fingerprint density at radius 1 is 1.44 bits per heavy atom. The predicted molar refractivity (Wildman–Crippen MR) is 71.3 cm³/mol. The fourth-order valence-corrected chi connectivity index (χ4v) is 1.37. The van der Waals surface area contributed by atoms with Crippen LogP contribution in [0.1, 0.15) is 34.6 Å². The quantitative estimate of drug-likeness (QED) is 0.765. The normalized spacial score (nSPS) is 12.5. The Morgan fingerprint density at radius 2 is 2.00 bits per heavy atom. The van der Waals surface area contributed by atoms with E-state index in [0.717, 1.165) is 0 Å². The largest absolute Gasteiger partial charge is 0.444 e. The van der Waals surface area contributed by atoms with Crippen molar-refractivity contribution in [1.82, 2.24) is 10.2 Å². The maximum Gasteiger partial charge on any atom is 0.410 e. The van der Waals surface area contributed by atoms with Crippen LogP contribution in [0.2, 0.25) is 0 Å². The first-order chi connectivity index (χ1) is 8.21. The van der Waals surface area contributed by atoms with Crippen molar-refractivity contribution in [2.45, 2.75) is 46.3 Å². The molecule has 0 aromatic rings. The summed E-state index contributed by atoms with van der Waals surface area (Å²) in [5.41, 5.74) is -0.519. The van der Waals surface area contributed by atoms with Gasteiger partial charge in [-0.1, -0.05) is 6.58 Å². The predicted octanol–water partition coefficient (Wildman–Crippen LogP) is 1.93. The summed E-state index contributed by atoms with van der Waals surface area (Å²) >= 11 is 0. The van der Waals surface area contributed by atoms with E-state index in [1.54, 1.807) is 4.90 Å². The van der Waals surface area contributed by atoms with Crippen molar-refractivity contribution in [3.8, 4) is 0 Å². The Labute approximate surface area is 109 Å². The molecule has 0 heterocycles. The van der Waals surface area contributed by atoms with Gasteiger partial charge in [0.2, 0.25) is 5.91 Å². The van der Waals surface area contributed by atoms with Gasteiger partial charge in [0.05, 0.1) is 0 Å². The molecule has 0 rings (SSSR count). The molecule has 104 valence electrons. The highest BCUT2D eigenvalue weighted by Gasteiger charge is 2.24. The number of carbonyl (C=O) groups is 2. The number of likely N-dealkylation sites (N-methyl/N-ethyl adjacent to an activating group) is 1. The van der Waals surface area contributed by atoms with Gasteiger partial charge in [-0.05, 0) is 40.7 Å². The lowest BCUT2D eigenvalue weighted by molar-refractivity contribution is -0.116. The zero-order valence-electron chi connectivity index (χ0n) is 11.9. The van der Waals surface area contributed by atoms with E-state index in [2.05, 4.69) is 11.9 Å². The number of rotatable bonds is 5. The van der Waals surface area contributed by atoms with E-state index in [0.29, 0.717) is 13.1 Å². The van der Waals surface area contributed by atoms with Crippen molar-refractivity contribution in [2.24, 2.45) is 0 Å². The molecule has 2 amide bonds. The van der Waals surface area contributed by atoms with Crippen LogP contribution in [0.4, 0.5) is 4.79 Å². The van der Waals surface area contributed by atoms with E-state index in [4.69, 9.17) is 4.74 Å². The molecule has 0 saturated carbocycles. The molecule has 0 spiro atoms. The molecule has 0 aliphatic heterocycles. The summed E-state index contributed by atoms with van der Waals surface area (Å²) in [6, 6.07) is -0.131. The second-order valence-electron chi connectivity index (χ2n) is 5.06. The first kappa shape index (κ1) is 16.5. The van der Waals surface area contributed by atoms with Gasteiger partial charge in [0, 0.05) is 19.1 Å². The molecule has 0 aliphatic carbocycles. The summed E-state index contributed by atoms with van der Waals surface area (Å²) < 4.78 is 5.30. The minimum Gasteiger partial charge on any atom is -0.444 e. The van der Waals surface area contributed by atoms with E-state index in [1.807, 2.05) is 34.6 Å². The van der Waals surface area contributed by atoms with Crippen LogP contribution in [-0.2, 0) is 9.53 Å². The lowest BCUT2D eigenvalue weighted by Crippen LogP contribution is -2.46. The molecule has 0 aromatic carbocycles. The smallest absolute Gasteiger partial charge is 0.410 e. The molecular weight excluding hydrogens is 232 g/mol. The molecule has 0 fully saturated rings. The Balaban J connectivity index is 4.43. The fraction of sp³-hybridized carbons (Fsp3) is 0.692. The average molecular weight is 256 g/mol. The lowest BCUT2D eigenvalue weighted by atomic mass is 10.2. The van der Waals surface area contributed by atoms with Crippen molar-refractivity contribution >= 4 is 12.0 Å². The third kappa shape index (κ3) is 6.27. The number of carbonyl (C=O) groups excluding carboxylic acids is 2. The maximum atomic E-state index is 11.9. The van der Waals surface area contributed by atoms with Gasteiger partial charge in [-0.3, -0.25) is 4.79 Å². The van der Waals surface area contributed by atoms with Gasteiger partial charge in [-0.2, -0.15) is 0 Å². The van der Waals surface area contributed by atoms with Crippen LogP contribution in [0.5, 0.6) is 0 Å². The summed E-state index contributed by atoms with van der Waals surface area (Å²) in [5.74, 6) is -0.248. The molecule has 0 bridgehead atoms. The standard InChI is InChI=1S/C13H24N2O3/c1-7-11(16)14-9-10(3)15(8-2)12(17)18-13(4,5)6/h7,10H,1,8-9H2,2-6H3,(H,14,16)/t10-/m1/s1. The number of hydrogen-bond donors (Lipinski definition) is 1. The second-order valence-corrected chi connectivity index (χ2v) is 5.06. The van der Waals surface area contributed by atoms with E-state index in [1.165, 1.54) is 6.08 Å². The number of ether oxygens (including phenoxy) is 1. The minimum atomic E-state index is -0.519. The van der Waals surface area contributed by atoms with Gasteiger partial charge in [-0.15, -0.1) is 0 Å². The molecule has 0 unspecified atom stereocenters. The van der Waals surface area contributed by atoms with E-state index in [-0.39, 0.29) is 18.0 Å². The fourth-order valence-electron chi connectivity index (χ4n) is 1.37. The van der Waals surface area contributed by atoms with Crippen LogP contribution in [0.25, 0.3) is 0 Å². The molecule has 0 radical (unpaired) electrons. The van der Waals surface area contributed by atoms with Crippen LogP contribution >= 0.6 is 0 Å². The lowest BCUT2D eigenvalue weighted by Gasteiger charge is -2.30. The highest BCUT2D eigenvalue weighted by molar-refractivity contribution is 5.86. The van der Waals surface area contributed by atoms with Crippen molar-refractivity contribution in [2.75, 3.05) is 13.1 Å². The summed E-state index contributed by atoms with van der Waals surface area (Å²) in [6.07, 6.45) is 0.835. The van der Waals surface area contributed by atoms with Crippen molar-refractivity contribution in [1.29, 1.82) is 0 Å². The van der Waals surface area contributed by atoms with E-state index < -0.39 is 5.60 Å². The molecule has 5 nitrogen and oxygen atoms in total. The highest BCUT2D eigenvalue weighted by Crippen LogP contribution is 2.11. The van der Waals surface area contributed by atoms with E-state index in [9.17, 15) is 9.59 Å². The molecule has 5 heteroatoms. The molecule has 1 atom stereocenters. The topological polar surface area (TPSA) is 58.6 Å². The first-order valence-corrected chi connectivity index (χ1v) is 6.11. The van der Waals surface area contributed by atoms with Crippen LogP contribution in [0.3, 0.4) is 0 Å². The number of hydrogen-bond acceptors (Lipinski definition) is 3. The second kappa shape index (κ2) is 7.03. The molecule has 0 saturated heterocycles. The molecule has 1 N–H and O–H groups in total. The van der Waals surface area contributed by atoms with Crippen molar-refractivity contribution < 1.29 is 14.3 Å². The average Bonchev–Trinajstić information content (AvgIpc) is 2.24. The number of nitrogens with one attached hydrogen (secondary N) is 1. The first-order valence-electron chi connectivity index (χ1n) is 6.11. The SMILES string of the molecule is C=CC(=O)NC[C@@H](C)N(CC)C(=O)OC(C)(C)C. The third-order valence-electron chi connectivity index (χ3n) is 2.26. The van der Waals surface area contributed by atoms with Crippen molar-refractivity contribution in [3.05, 3.63) is 12.7 Å².